The summed E-state index contributed by atoms with van der Waals surface area (Å²) in [5.74, 6) is -5.05. The van der Waals surface area contributed by atoms with E-state index in [0.29, 0.717) is 0 Å². The van der Waals surface area contributed by atoms with E-state index in [1.54, 1.807) is 0 Å². The first-order valence-corrected chi connectivity index (χ1v) is 9.03. The standard InChI is InChI=1S/C16H28O13/c1-5-6(18)2-16(15(25)26,29-13(5)9(20)7(19)3-17)27-4-8-10(21)11(22)12(23)14(24)28-8/h5-14,17-24H,2-4H2,1H3,(H,25,26)/t5-,6-,7-,8?,9-,10-,11+,12?,13?,14+,16-/m1/s1. The Balaban J connectivity index is 2.19. The summed E-state index contributed by atoms with van der Waals surface area (Å²) in [5, 5.41) is 87.4. The molecule has 29 heavy (non-hydrogen) atoms. The van der Waals surface area contributed by atoms with Crippen molar-refractivity contribution in [1.29, 1.82) is 0 Å². The van der Waals surface area contributed by atoms with E-state index < -0.39 is 92.4 Å². The van der Waals surface area contributed by atoms with Gasteiger partial charge in [-0.3, -0.25) is 0 Å². The fourth-order valence-electron chi connectivity index (χ4n) is 3.34. The highest BCUT2D eigenvalue weighted by atomic mass is 16.7. The summed E-state index contributed by atoms with van der Waals surface area (Å²) in [5.41, 5.74) is 0. The van der Waals surface area contributed by atoms with Gasteiger partial charge in [-0.25, -0.2) is 4.79 Å². The number of ether oxygens (including phenoxy) is 3. The summed E-state index contributed by atoms with van der Waals surface area (Å²) in [6.45, 7) is -0.137. The van der Waals surface area contributed by atoms with Crippen LogP contribution in [0.2, 0.25) is 0 Å². The van der Waals surface area contributed by atoms with Crippen molar-refractivity contribution in [2.75, 3.05) is 13.2 Å². The van der Waals surface area contributed by atoms with Crippen LogP contribution in [0.25, 0.3) is 0 Å². The predicted octanol–water partition coefficient (Wildman–Crippen LogP) is -4.92. The average Bonchev–Trinajstić information content (AvgIpc) is 2.69. The van der Waals surface area contributed by atoms with Crippen LogP contribution in [0.15, 0.2) is 0 Å². The van der Waals surface area contributed by atoms with Crippen LogP contribution in [0.4, 0.5) is 0 Å². The molecular formula is C16H28O13. The minimum Gasteiger partial charge on any atom is -0.477 e. The molecule has 0 saturated carbocycles. The lowest BCUT2D eigenvalue weighted by atomic mass is 9.84. The lowest BCUT2D eigenvalue weighted by Gasteiger charge is -2.46. The van der Waals surface area contributed by atoms with E-state index in [9.17, 15) is 45.6 Å². The second-order valence-electron chi connectivity index (χ2n) is 7.36. The molecule has 0 aromatic carbocycles. The minimum atomic E-state index is -2.53. The molecule has 170 valence electrons. The number of aliphatic hydroxyl groups is 8. The molecule has 2 saturated heterocycles. The summed E-state index contributed by atoms with van der Waals surface area (Å²) in [6, 6.07) is 0. The number of hydrogen-bond acceptors (Lipinski definition) is 12. The number of carbonyl (C=O) groups is 1. The SMILES string of the molecule is C[C@H]1C([C@H](O)[C@H](O)CO)O[C@@](OCC2O[C@H](O)C(O)[C@@H](O)[C@@H]2O)(C(=O)O)C[C@H]1O. The third kappa shape index (κ3) is 4.86. The zero-order valence-corrected chi connectivity index (χ0v) is 15.6. The fourth-order valence-corrected chi connectivity index (χ4v) is 3.34. The number of carboxylic acids is 1. The van der Waals surface area contributed by atoms with Gasteiger partial charge in [0.15, 0.2) is 6.29 Å². The zero-order valence-electron chi connectivity index (χ0n) is 15.6. The third-order valence-electron chi connectivity index (χ3n) is 5.34. The van der Waals surface area contributed by atoms with Crippen LogP contribution in [0, 0.1) is 5.92 Å². The monoisotopic (exact) mass is 428 g/mol. The number of hydrogen-bond donors (Lipinski definition) is 9. The maximum Gasteiger partial charge on any atom is 0.364 e. The van der Waals surface area contributed by atoms with Gasteiger partial charge in [-0.05, 0) is 0 Å². The predicted molar refractivity (Wildman–Crippen MR) is 89.0 cm³/mol. The molecule has 13 nitrogen and oxygen atoms in total. The van der Waals surface area contributed by atoms with Gasteiger partial charge in [0.1, 0.15) is 36.6 Å². The van der Waals surface area contributed by atoms with Crippen LogP contribution in [-0.2, 0) is 19.0 Å². The van der Waals surface area contributed by atoms with E-state index in [1.165, 1.54) is 6.92 Å². The van der Waals surface area contributed by atoms with E-state index in [4.69, 9.17) is 19.3 Å². The summed E-state index contributed by atoms with van der Waals surface area (Å²) in [7, 11) is 0. The van der Waals surface area contributed by atoms with E-state index in [2.05, 4.69) is 0 Å². The molecule has 13 heteroatoms. The quantitative estimate of drug-likeness (QED) is 0.185. The van der Waals surface area contributed by atoms with Crippen molar-refractivity contribution in [3.63, 3.8) is 0 Å². The molecule has 0 aliphatic carbocycles. The molecule has 0 radical (unpaired) electrons. The molecule has 2 aliphatic heterocycles. The van der Waals surface area contributed by atoms with Gasteiger partial charge in [-0.2, -0.15) is 0 Å². The second-order valence-corrected chi connectivity index (χ2v) is 7.36. The molecule has 2 aliphatic rings. The third-order valence-corrected chi connectivity index (χ3v) is 5.34. The minimum absolute atomic E-state index is 0.585. The van der Waals surface area contributed by atoms with Gasteiger partial charge in [0.05, 0.1) is 25.4 Å². The van der Waals surface area contributed by atoms with Crippen molar-refractivity contribution < 1.29 is 65.0 Å². The van der Waals surface area contributed by atoms with Crippen LogP contribution in [0.5, 0.6) is 0 Å². The number of aliphatic hydroxyl groups excluding tert-OH is 8. The molecular weight excluding hydrogens is 400 g/mol. The fraction of sp³-hybridized carbons (Fsp3) is 0.938. The van der Waals surface area contributed by atoms with Gasteiger partial charge in [-0.1, -0.05) is 6.92 Å². The Bertz CT molecular complexity index is 561. The largest absolute Gasteiger partial charge is 0.477 e. The van der Waals surface area contributed by atoms with Crippen LogP contribution >= 0.6 is 0 Å². The normalized spacial score (nSPS) is 45.6. The van der Waals surface area contributed by atoms with E-state index in [0.717, 1.165) is 0 Å². The smallest absolute Gasteiger partial charge is 0.364 e. The average molecular weight is 428 g/mol. The molecule has 0 bridgehead atoms. The maximum absolute atomic E-state index is 11.9. The molecule has 0 spiro atoms. The summed E-state index contributed by atoms with van der Waals surface area (Å²) < 4.78 is 15.6. The van der Waals surface area contributed by atoms with Gasteiger partial charge >= 0.3 is 5.97 Å². The number of rotatable bonds is 7. The van der Waals surface area contributed by atoms with Crippen molar-refractivity contribution in [2.45, 2.75) is 74.3 Å². The number of carboxylic acid groups (broad SMARTS) is 1. The summed E-state index contributed by atoms with van der Waals surface area (Å²) in [4.78, 5) is 11.9. The lowest BCUT2D eigenvalue weighted by molar-refractivity contribution is -0.338. The highest BCUT2D eigenvalue weighted by Gasteiger charge is 2.55. The molecule has 0 aromatic heterocycles. The lowest BCUT2D eigenvalue weighted by Crippen LogP contribution is -2.63. The van der Waals surface area contributed by atoms with Crippen LogP contribution in [0.1, 0.15) is 13.3 Å². The van der Waals surface area contributed by atoms with Crippen LogP contribution in [-0.4, -0.2) is 126 Å². The molecule has 2 fully saturated rings. The van der Waals surface area contributed by atoms with Crippen molar-refractivity contribution in [3.05, 3.63) is 0 Å². The van der Waals surface area contributed by atoms with Crippen molar-refractivity contribution >= 4 is 5.97 Å². The van der Waals surface area contributed by atoms with E-state index >= 15 is 0 Å². The van der Waals surface area contributed by atoms with Gasteiger partial charge < -0.3 is 60.2 Å². The van der Waals surface area contributed by atoms with Crippen molar-refractivity contribution in [2.24, 2.45) is 5.92 Å². The first-order chi connectivity index (χ1) is 13.4. The molecule has 11 atom stereocenters. The second kappa shape index (κ2) is 9.45. The highest BCUT2D eigenvalue weighted by molar-refractivity contribution is 5.76. The summed E-state index contributed by atoms with van der Waals surface area (Å²) >= 11 is 0. The van der Waals surface area contributed by atoms with Gasteiger partial charge in [0.25, 0.3) is 5.79 Å². The Kier molecular flexibility index (Phi) is 7.92. The van der Waals surface area contributed by atoms with Gasteiger partial charge in [-0.15, -0.1) is 0 Å². The first kappa shape index (κ1) is 24.3. The van der Waals surface area contributed by atoms with E-state index in [-0.39, 0.29) is 0 Å². The Morgan fingerprint density at radius 3 is 2.31 bits per heavy atom. The topological polar surface area (TPSA) is 227 Å². The Morgan fingerprint density at radius 2 is 1.76 bits per heavy atom. The molecule has 2 heterocycles. The Labute approximate surface area is 165 Å². The van der Waals surface area contributed by atoms with Crippen molar-refractivity contribution in [3.8, 4) is 0 Å². The van der Waals surface area contributed by atoms with Crippen LogP contribution in [0.3, 0.4) is 0 Å². The first-order valence-electron chi connectivity index (χ1n) is 9.03. The van der Waals surface area contributed by atoms with E-state index in [1.807, 2.05) is 0 Å². The molecule has 0 amide bonds. The molecule has 2 rings (SSSR count). The summed E-state index contributed by atoms with van der Waals surface area (Å²) in [6.07, 6.45) is -15.4. The molecule has 3 unspecified atom stereocenters. The maximum atomic E-state index is 11.9. The van der Waals surface area contributed by atoms with Crippen LogP contribution < -0.4 is 0 Å². The van der Waals surface area contributed by atoms with Gasteiger partial charge in [0.2, 0.25) is 0 Å². The van der Waals surface area contributed by atoms with Gasteiger partial charge in [0, 0.05) is 12.3 Å². The van der Waals surface area contributed by atoms with Crippen molar-refractivity contribution in [1.82, 2.24) is 0 Å². The number of aliphatic carboxylic acids is 1. The zero-order chi connectivity index (χ0) is 22.1. The Hall–Kier alpha value is -0.970. The molecule has 9 N–H and O–H groups in total. The molecule has 0 aromatic rings. The highest BCUT2D eigenvalue weighted by Crippen LogP contribution is 2.37. The Morgan fingerprint density at radius 1 is 1.14 bits per heavy atom.